The van der Waals surface area contributed by atoms with Crippen LogP contribution in [0, 0.1) is 45.3 Å². The zero-order chi connectivity index (χ0) is 40.1. The molecule has 0 bridgehead atoms. The summed E-state index contributed by atoms with van der Waals surface area (Å²) < 4.78 is 10.6. The first-order valence-electron chi connectivity index (χ1n) is 21.1. The quantitative estimate of drug-likeness (QED) is 0.200. The Bertz CT molecular complexity index is 1780. The summed E-state index contributed by atoms with van der Waals surface area (Å²) in [4.78, 5) is 77.0. The van der Waals surface area contributed by atoms with Crippen LogP contribution in [-0.2, 0) is 38.2 Å². The second-order valence-corrected chi connectivity index (χ2v) is 19.5. The van der Waals surface area contributed by atoms with Crippen molar-refractivity contribution in [2.45, 2.75) is 142 Å². The van der Waals surface area contributed by atoms with E-state index in [1.807, 2.05) is 26.0 Å². The van der Waals surface area contributed by atoms with E-state index in [4.69, 9.17) is 9.47 Å². The summed E-state index contributed by atoms with van der Waals surface area (Å²) in [5.74, 6) is -1.65. The number of hydrogen-bond acceptors (Lipinski definition) is 10. The van der Waals surface area contributed by atoms with Gasteiger partial charge in [-0.3, -0.25) is 28.8 Å². The van der Waals surface area contributed by atoms with Gasteiger partial charge in [-0.15, -0.1) is 0 Å². The molecule has 8 aliphatic carbocycles. The van der Waals surface area contributed by atoms with E-state index in [-0.39, 0.29) is 71.8 Å². The fourth-order valence-corrected chi connectivity index (χ4v) is 13.5. The molecular weight excluding hydrogens is 712 g/mol. The minimum absolute atomic E-state index is 0.0920. The van der Waals surface area contributed by atoms with Gasteiger partial charge in [0.1, 0.15) is 11.2 Å². The second-order valence-electron chi connectivity index (χ2n) is 19.5. The third-order valence-electron chi connectivity index (χ3n) is 17.2. The maximum absolute atomic E-state index is 13.6. The van der Waals surface area contributed by atoms with Crippen molar-refractivity contribution >= 4 is 35.1 Å². The molecule has 8 rings (SSSR count). The number of ketones is 4. The highest BCUT2D eigenvalue weighted by Crippen LogP contribution is 2.67. The van der Waals surface area contributed by atoms with E-state index in [2.05, 4.69) is 26.0 Å². The SMILES string of the molecule is C[C@]12CCC(=O)C=C1CC[C@@H]1C2=CC[C@@]2(C)[C@H]1CC[C@]2(O)C(=O)COC(=O)CCC(=O)OCC(=O)[C@@]1(O)CC[C@H]2[C@@H]3CCC4=CC(=O)CC[C@]4(C)C3=CC[C@@]21C. The molecule has 0 aromatic carbocycles. The van der Waals surface area contributed by atoms with Gasteiger partial charge in [-0.05, 0) is 113 Å². The summed E-state index contributed by atoms with van der Waals surface area (Å²) in [6.07, 6.45) is 16.4. The summed E-state index contributed by atoms with van der Waals surface area (Å²) in [6, 6.07) is 0. The van der Waals surface area contributed by atoms with Crippen molar-refractivity contribution in [2.24, 2.45) is 45.3 Å². The molecule has 0 aliphatic heterocycles. The first kappa shape index (κ1) is 39.3. The molecule has 10 heteroatoms. The van der Waals surface area contributed by atoms with Crippen LogP contribution < -0.4 is 0 Å². The Morgan fingerprint density at radius 1 is 0.607 bits per heavy atom. The molecule has 56 heavy (non-hydrogen) atoms. The molecule has 2 N–H and O–H groups in total. The Morgan fingerprint density at radius 3 is 1.39 bits per heavy atom. The number of allylic oxidation sites excluding steroid dienone is 8. The molecule has 0 saturated heterocycles. The van der Waals surface area contributed by atoms with Crippen LogP contribution in [0.25, 0.3) is 0 Å². The number of fused-ring (bicyclic) bond motifs is 10. The fraction of sp³-hybridized carbons (Fsp3) is 0.696. The molecule has 10 atom stereocenters. The zero-order valence-electron chi connectivity index (χ0n) is 33.5. The number of ether oxygens (including phenoxy) is 2. The van der Waals surface area contributed by atoms with E-state index in [1.165, 1.54) is 22.3 Å². The van der Waals surface area contributed by atoms with E-state index < -0.39 is 58.8 Å². The molecule has 4 saturated carbocycles. The molecule has 302 valence electrons. The van der Waals surface area contributed by atoms with Crippen molar-refractivity contribution in [3.63, 3.8) is 0 Å². The van der Waals surface area contributed by atoms with E-state index in [0.29, 0.717) is 38.5 Å². The van der Waals surface area contributed by atoms with Crippen molar-refractivity contribution in [1.29, 1.82) is 0 Å². The van der Waals surface area contributed by atoms with Crippen LogP contribution >= 0.6 is 0 Å². The molecule has 0 heterocycles. The number of aliphatic hydroxyl groups is 2. The van der Waals surface area contributed by atoms with E-state index in [0.717, 1.165) is 38.5 Å². The number of Topliss-reactive ketones (excluding diaryl/α,β-unsaturated/α-hetero) is 2. The Morgan fingerprint density at radius 2 is 1.00 bits per heavy atom. The van der Waals surface area contributed by atoms with Gasteiger partial charge in [-0.2, -0.15) is 0 Å². The normalized spacial score (nSPS) is 42.2. The zero-order valence-corrected chi connectivity index (χ0v) is 33.5. The number of hydrogen-bond donors (Lipinski definition) is 2. The van der Waals surface area contributed by atoms with Crippen LogP contribution in [0.2, 0.25) is 0 Å². The average Bonchev–Trinajstić information content (AvgIpc) is 3.62. The molecule has 0 aromatic rings. The molecule has 8 aliphatic rings. The standard InChI is InChI=1S/C46H58O10/c1-41-17-11-29(47)23-27(41)5-7-31-33(41)13-19-43(3)35(31)15-21-45(43,53)37(49)25-55-39(51)9-10-40(52)56-26-38(50)46(54)22-16-36-32-8-6-28-24-30(48)12-18-42(28,2)34(32)14-20-44(36,46)4/h13-14,23-24,31-32,35-36,53-54H,5-12,15-22,25-26H2,1-4H3/t31-,32-,35+,36+,41+,42+,43+,44+,45+,46+/m1/s1. The first-order chi connectivity index (χ1) is 26.4. The third kappa shape index (κ3) is 5.69. The van der Waals surface area contributed by atoms with Crippen LogP contribution in [-0.4, -0.2) is 69.7 Å². The van der Waals surface area contributed by atoms with Gasteiger partial charge in [-0.25, -0.2) is 0 Å². The van der Waals surface area contributed by atoms with Crippen molar-refractivity contribution in [3.05, 3.63) is 46.6 Å². The lowest BCUT2D eigenvalue weighted by atomic mass is 9.50. The van der Waals surface area contributed by atoms with E-state index in [9.17, 15) is 39.0 Å². The van der Waals surface area contributed by atoms with Gasteiger partial charge in [0.25, 0.3) is 0 Å². The molecule has 0 amide bonds. The van der Waals surface area contributed by atoms with Gasteiger partial charge in [-0.1, -0.05) is 62.1 Å². The molecule has 4 fully saturated rings. The summed E-state index contributed by atoms with van der Waals surface area (Å²) in [5.41, 5.74) is 0.0241. The smallest absolute Gasteiger partial charge is 0.306 e. The van der Waals surface area contributed by atoms with Crippen molar-refractivity contribution < 1.29 is 48.5 Å². The van der Waals surface area contributed by atoms with Crippen LogP contribution in [0.4, 0.5) is 0 Å². The molecule has 0 radical (unpaired) electrons. The highest BCUT2D eigenvalue weighted by molar-refractivity contribution is 5.94. The minimum Gasteiger partial charge on any atom is -0.458 e. The number of carbonyl (C=O) groups is 6. The summed E-state index contributed by atoms with van der Waals surface area (Å²) in [5, 5.41) is 23.9. The maximum Gasteiger partial charge on any atom is 0.306 e. The van der Waals surface area contributed by atoms with Crippen molar-refractivity contribution in [1.82, 2.24) is 0 Å². The van der Waals surface area contributed by atoms with Gasteiger partial charge >= 0.3 is 11.9 Å². The van der Waals surface area contributed by atoms with Crippen molar-refractivity contribution in [3.8, 4) is 0 Å². The third-order valence-corrected chi connectivity index (χ3v) is 17.2. The van der Waals surface area contributed by atoms with Gasteiger partial charge in [0.15, 0.2) is 24.8 Å². The van der Waals surface area contributed by atoms with Crippen LogP contribution in [0.3, 0.4) is 0 Å². The molecule has 0 aromatic heterocycles. The Balaban J connectivity index is 0.827. The van der Waals surface area contributed by atoms with Crippen LogP contribution in [0.1, 0.15) is 130 Å². The highest BCUT2D eigenvalue weighted by Gasteiger charge is 2.66. The predicted molar refractivity (Wildman–Crippen MR) is 204 cm³/mol. The monoisotopic (exact) mass is 770 g/mol. The summed E-state index contributed by atoms with van der Waals surface area (Å²) >= 11 is 0. The Hall–Kier alpha value is -3.50. The molecule has 0 spiro atoms. The first-order valence-corrected chi connectivity index (χ1v) is 21.1. The van der Waals surface area contributed by atoms with Crippen LogP contribution in [0.5, 0.6) is 0 Å². The fourth-order valence-electron chi connectivity index (χ4n) is 13.5. The van der Waals surface area contributed by atoms with E-state index in [1.54, 1.807) is 0 Å². The summed E-state index contributed by atoms with van der Waals surface area (Å²) in [6.45, 7) is 7.21. The van der Waals surface area contributed by atoms with Gasteiger partial charge < -0.3 is 19.7 Å². The lowest BCUT2D eigenvalue weighted by Gasteiger charge is -2.54. The number of carbonyl (C=O) groups excluding carboxylic acids is 6. The largest absolute Gasteiger partial charge is 0.458 e. The van der Waals surface area contributed by atoms with Gasteiger partial charge in [0.2, 0.25) is 11.6 Å². The predicted octanol–water partition coefficient (Wildman–Crippen LogP) is 6.36. The number of rotatable bonds is 9. The lowest BCUT2D eigenvalue weighted by molar-refractivity contribution is -0.165. The molecule has 0 unspecified atom stereocenters. The summed E-state index contributed by atoms with van der Waals surface area (Å²) in [7, 11) is 0. The topological polar surface area (TPSA) is 161 Å². The average molecular weight is 771 g/mol. The second kappa shape index (κ2) is 13.5. The van der Waals surface area contributed by atoms with Crippen molar-refractivity contribution in [2.75, 3.05) is 13.2 Å². The molecule has 10 nitrogen and oxygen atoms in total. The van der Waals surface area contributed by atoms with E-state index >= 15 is 0 Å². The lowest BCUT2D eigenvalue weighted by Crippen LogP contribution is -2.55. The maximum atomic E-state index is 13.6. The Kier molecular flexibility index (Phi) is 9.51. The number of esters is 2. The van der Waals surface area contributed by atoms with Gasteiger partial charge in [0, 0.05) is 34.5 Å². The molecular formula is C46H58O10. The van der Waals surface area contributed by atoms with Crippen LogP contribution in [0.15, 0.2) is 46.6 Å². The Labute approximate surface area is 329 Å². The minimum atomic E-state index is -1.66. The highest BCUT2D eigenvalue weighted by atomic mass is 16.5. The van der Waals surface area contributed by atoms with Gasteiger partial charge in [0.05, 0.1) is 12.8 Å².